The van der Waals surface area contributed by atoms with Crippen LogP contribution < -0.4 is 0 Å². The number of hydrogen-bond acceptors (Lipinski definition) is 2. The standard InChI is InChI=1S/C11H12ClFOS/c1-2-9-11(14)6-3-4-8(13)10(12)7(6)5-15-9/h3-4,9,11,14H,2,5H2,1H3. The summed E-state index contributed by atoms with van der Waals surface area (Å²) in [5, 5.41) is 10.4. The predicted octanol–water partition coefficient (Wildman–Crippen LogP) is 3.54. The highest BCUT2D eigenvalue weighted by atomic mass is 35.5. The monoisotopic (exact) mass is 246 g/mol. The van der Waals surface area contributed by atoms with Crippen LogP contribution in [0.25, 0.3) is 0 Å². The highest BCUT2D eigenvalue weighted by Crippen LogP contribution is 2.42. The molecule has 1 aromatic carbocycles. The zero-order valence-electron chi connectivity index (χ0n) is 8.34. The Morgan fingerprint density at radius 1 is 1.60 bits per heavy atom. The van der Waals surface area contributed by atoms with Crippen LogP contribution in [-0.2, 0) is 5.75 Å². The lowest BCUT2D eigenvalue weighted by Crippen LogP contribution is -2.20. The molecule has 1 nitrogen and oxygen atoms in total. The molecule has 0 fully saturated rings. The van der Waals surface area contributed by atoms with Gasteiger partial charge in [0.1, 0.15) is 5.82 Å². The van der Waals surface area contributed by atoms with Crippen molar-refractivity contribution in [2.24, 2.45) is 0 Å². The summed E-state index contributed by atoms with van der Waals surface area (Å²) in [7, 11) is 0. The fourth-order valence-corrected chi connectivity index (χ4v) is 3.43. The number of aliphatic hydroxyl groups excluding tert-OH is 1. The first-order chi connectivity index (χ1) is 7.15. The maximum Gasteiger partial charge on any atom is 0.142 e. The van der Waals surface area contributed by atoms with Gasteiger partial charge in [0.15, 0.2) is 0 Å². The minimum absolute atomic E-state index is 0.161. The quantitative estimate of drug-likeness (QED) is 0.818. The van der Waals surface area contributed by atoms with Gasteiger partial charge in [0, 0.05) is 11.0 Å². The van der Waals surface area contributed by atoms with Crippen molar-refractivity contribution in [2.45, 2.75) is 30.5 Å². The second kappa shape index (κ2) is 4.32. The molecular weight excluding hydrogens is 235 g/mol. The van der Waals surface area contributed by atoms with Gasteiger partial charge in [0.25, 0.3) is 0 Å². The molecule has 0 amide bonds. The summed E-state index contributed by atoms with van der Waals surface area (Å²) < 4.78 is 13.2. The van der Waals surface area contributed by atoms with E-state index in [2.05, 4.69) is 0 Å². The number of hydrogen-bond donors (Lipinski definition) is 1. The highest BCUT2D eigenvalue weighted by Gasteiger charge is 2.29. The largest absolute Gasteiger partial charge is 0.387 e. The predicted molar refractivity (Wildman–Crippen MR) is 61.7 cm³/mol. The van der Waals surface area contributed by atoms with Gasteiger partial charge in [-0.1, -0.05) is 24.6 Å². The van der Waals surface area contributed by atoms with Gasteiger partial charge >= 0.3 is 0 Å². The van der Waals surface area contributed by atoms with Crippen molar-refractivity contribution in [3.63, 3.8) is 0 Å². The van der Waals surface area contributed by atoms with E-state index < -0.39 is 11.9 Å². The number of benzene rings is 1. The maximum absolute atomic E-state index is 13.2. The lowest BCUT2D eigenvalue weighted by molar-refractivity contribution is 0.170. The van der Waals surface area contributed by atoms with Crippen LogP contribution in [0.5, 0.6) is 0 Å². The third-order valence-corrected chi connectivity index (χ3v) is 4.63. The molecule has 2 unspecified atom stereocenters. The zero-order chi connectivity index (χ0) is 11.0. The van der Waals surface area contributed by atoms with E-state index in [-0.39, 0.29) is 10.3 Å². The molecule has 4 heteroatoms. The third kappa shape index (κ3) is 1.88. The summed E-state index contributed by atoms with van der Waals surface area (Å²) in [6, 6.07) is 2.97. The lowest BCUT2D eigenvalue weighted by atomic mass is 9.99. The van der Waals surface area contributed by atoms with Crippen molar-refractivity contribution in [1.82, 2.24) is 0 Å². The van der Waals surface area contributed by atoms with Crippen LogP contribution in [0.2, 0.25) is 5.02 Å². The molecule has 0 bridgehead atoms. The van der Waals surface area contributed by atoms with Crippen molar-refractivity contribution in [2.75, 3.05) is 0 Å². The van der Waals surface area contributed by atoms with Gasteiger partial charge < -0.3 is 5.11 Å². The Hall–Kier alpha value is -0.250. The Morgan fingerprint density at radius 3 is 3.00 bits per heavy atom. The van der Waals surface area contributed by atoms with Crippen LogP contribution >= 0.6 is 23.4 Å². The van der Waals surface area contributed by atoms with Gasteiger partial charge in [-0.3, -0.25) is 0 Å². The fourth-order valence-electron chi connectivity index (χ4n) is 1.85. The van der Waals surface area contributed by atoms with E-state index >= 15 is 0 Å². The molecular formula is C11H12ClFOS. The van der Waals surface area contributed by atoms with Crippen LogP contribution in [0.15, 0.2) is 12.1 Å². The first kappa shape index (κ1) is 11.2. The summed E-state index contributed by atoms with van der Waals surface area (Å²) in [6.45, 7) is 2.04. The summed E-state index contributed by atoms with van der Waals surface area (Å²) in [4.78, 5) is 0. The SMILES string of the molecule is CCC1SCc2c(ccc(F)c2Cl)C1O. The Balaban J connectivity index is 2.45. The topological polar surface area (TPSA) is 20.2 Å². The minimum atomic E-state index is -0.526. The Kier molecular flexibility index (Phi) is 3.24. The smallest absolute Gasteiger partial charge is 0.142 e. The molecule has 0 spiro atoms. The van der Waals surface area contributed by atoms with Crippen molar-refractivity contribution in [3.8, 4) is 0 Å². The van der Waals surface area contributed by atoms with Gasteiger partial charge in [0.05, 0.1) is 11.1 Å². The average Bonchev–Trinajstić information content (AvgIpc) is 2.24. The van der Waals surface area contributed by atoms with Crippen molar-refractivity contribution in [3.05, 3.63) is 34.1 Å². The number of fused-ring (bicyclic) bond motifs is 1. The van der Waals surface area contributed by atoms with E-state index in [1.165, 1.54) is 6.07 Å². The molecule has 1 N–H and O–H groups in total. The Bertz CT molecular complexity index is 383. The van der Waals surface area contributed by atoms with E-state index in [4.69, 9.17) is 11.6 Å². The summed E-state index contributed by atoms with van der Waals surface area (Å²) >= 11 is 7.50. The molecule has 0 radical (unpaired) electrons. The summed E-state index contributed by atoms with van der Waals surface area (Å²) in [5.74, 6) is 0.278. The molecule has 0 aromatic heterocycles. The molecule has 0 aliphatic carbocycles. The van der Waals surface area contributed by atoms with Crippen LogP contribution in [-0.4, -0.2) is 10.4 Å². The van der Waals surface area contributed by atoms with Gasteiger partial charge in [-0.25, -0.2) is 4.39 Å². The van der Waals surface area contributed by atoms with E-state index in [9.17, 15) is 9.50 Å². The number of thioether (sulfide) groups is 1. The first-order valence-electron chi connectivity index (χ1n) is 4.91. The van der Waals surface area contributed by atoms with Crippen LogP contribution in [0.1, 0.15) is 30.6 Å². The molecule has 0 saturated carbocycles. The minimum Gasteiger partial charge on any atom is -0.387 e. The maximum atomic E-state index is 13.2. The molecule has 1 aliphatic heterocycles. The van der Waals surface area contributed by atoms with Gasteiger partial charge in [-0.15, -0.1) is 0 Å². The molecule has 1 aliphatic rings. The van der Waals surface area contributed by atoms with Gasteiger partial charge in [-0.05, 0) is 23.6 Å². The number of halogens is 2. The van der Waals surface area contributed by atoms with E-state index in [1.54, 1.807) is 17.8 Å². The molecule has 82 valence electrons. The summed E-state index contributed by atoms with van der Waals surface area (Å²) in [6.07, 6.45) is 0.377. The second-order valence-electron chi connectivity index (χ2n) is 3.63. The van der Waals surface area contributed by atoms with E-state index in [0.717, 1.165) is 17.5 Å². The van der Waals surface area contributed by atoms with Gasteiger partial charge in [0.2, 0.25) is 0 Å². The molecule has 0 saturated heterocycles. The number of rotatable bonds is 1. The Labute approximate surface area is 97.6 Å². The first-order valence-corrected chi connectivity index (χ1v) is 6.34. The molecule has 15 heavy (non-hydrogen) atoms. The highest BCUT2D eigenvalue weighted by molar-refractivity contribution is 7.99. The van der Waals surface area contributed by atoms with E-state index in [1.807, 2.05) is 6.92 Å². The number of aliphatic hydroxyl groups is 1. The van der Waals surface area contributed by atoms with E-state index in [0.29, 0.717) is 5.75 Å². The summed E-state index contributed by atoms with van der Waals surface area (Å²) in [5.41, 5.74) is 1.53. The fraction of sp³-hybridized carbons (Fsp3) is 0.455. The van der Waals surface area contributed by atoms with Crippen LogP contribution in [0.4, 0.5) is 4.39 Å². The van der Waals surface area contributed by atoms with Crippen molar-refractivity contribution in [1.29, 1.82) is 0 Å². The molecule has 2 rings (SSSR count). The molecule has 1 aromatic rings. The lowest BCUT2D eigenvalue weighted by Gasteiger charge is -2.29. The molecule has 2 atom stereocenters. The second-order valence-corrected chi connectivity index (χ2v) is 5.24. The van der Waals surface area contributed by atoms with Crippen molar-refractivity contribution < 1.29 is 9.50 Å². The zero-order valence-corrected chi connectivity index (χ0v) is 9.91. The van der Waals surface area contributed by atoms with Gasteiger partial charge in [-0.2, -0.15) is 11.8 Å². The molecule has 1 heterocycles. The average molecular weight is 247 g/mol. The Morgan fingerprint density at radius 2 is 2.33 bits per heavy atom. The van der Waals surface area contributed by atoms with Crippen LogP contribution in [0.3, 0.4) is 0 Å². The van der Waals surface area contributed by atoms with Crippen molar-refractivity contribution >= 4 is 23.4 Å². The van der Waals surface area contributed by atoms with Crippen LogP contribution in [0, 0.1) is 5.82 Å². The normalized spacial score (nSPS) is 25.1. The third-order valence-electron chi connectivity index (χ3n) is 2.75.